The summed E-state index contributed by atoms with van der Waals surface area (Å²) in [7, 11) is 0. The molecule has 1 heterocycles. The molecule has 1 aromatic rings. The molecule has 1 saturated heterocycles. The van der Waals surface area contributed by atoms with Gasteiger partial charge in [-0.2, -0.15) is 0 Å². The smallest absolute Gasteiger partial charge is 0.325 e. The second kappa shape index (κ2) is 6.69. The van der Waals surface area contributed by atoms with Gasteiger partial charge in [-0.1, -0.05) is 29.8 Å². The molecule has 1 aliphatic rings. The predicted octanol–water partition coefficient (Wildman–Crippen LogP) is 0.353. The zero-order valence-corrected chi connectivity index (χ0v) is 13.5. The highest BCUT2D eigenvalue weighted by Gasteiger charge is 2.49. The number of aliphatic carboxylic acids is 1. The number of carboxylic acid groups (broad SMARTS) is 1. The number of hydrogen-bond donors (Lipinski definition) is 3. The second-order valence-corrected chi connectivity index (χ2v) is 5.81. The molecule has 0 spiro atoms. The molecule has 1 aromatic carbocycles. The summed E-state index contributed by atoms with van der Waals surface area (Å²) in [6.07, 6.45) is -0.229. The van der Waals surface area contributed by atoms with E-state index in [1.807, 2.05) is 19.1 Å². The van der Waals surface area contributed by atoms with Crippen molar-refractivity contribution >= 4 is 23.8 Å². The molecular weight excluding hydrogens is 314 g/mol. The Kier molecular flexibility index (Phi) is 4.87. The summed E-state index contributed by atoms with van der Waals surface area (Å²) in [5, 5.41) is 13.5. The van der Waals surface area contributed by atoms with Gasteiger partial charge in [0.25, 0.3) is 5.91 Å². The minimum atomic E-state index is -1.23. The SMILES string of the molecule is Cc1ccc(C2(C)NC(=O)N(CC(=O)NCCC(=O)O)C2=O)cc1. The number of carboxylic acids is 1. The summed E-state index contributed by atoms with van der Waals surface area (Å²) in [5.41, 5.74) is 0.417. The summed E-state index contributed by atoms with van der Waals surface area (Å²) < 4.78 is 0. The molecule has 24 heavy (non-hydrogen) atoms. The van der Waals surface area contributed by atoms with Crippen molar-refractivity contribution in [2.75, 3.05) is 13.1 Å². The van der Waals surface area contributed by atoms with E-state index in [0.29, 0.717) is 5.56 Å². The van der Waals surface area contributed by atoms with Gasteiger partial charge in [-0.3, -0.25) is 19.3 Å². The molecule has 0 radical (unpaired) electrons. The molecule has 2 rings (SSSR count). The van der Waals surface area contributed by atoms with E-state index >= 15 is 0 Å². The number of hydrogen-bond acceptors (Lipinski definition) is 4. The Bertz CT molecular complexity index is 685. The van der Waals surface area contributed by atoms with Crippen molar-refractivity contribution < 1.29 is 24.3 Å². The van der Waals surface area contributed by atoms with Crippen LogP contribution in [0.4, 0.5) is 4.79 Å². The van der Waals surface area contributed by atoms with Gasteiger partial charge < -0.3 is 15.7 Å². The Morgan fingerprint density at radius 1 is 1.25 bits per heavy atom. The van der Waals surface area contributed by atoms with Crippen LogP contribution in [0.3, 0.4) is 0 Å². The standard InChI is InChI=1S/C16H19N3O5/c1-10-3-5-11(6-4-10)16(2)14(23)19(15(24)18-16)9-12(20)17-8-7-13(21)22/h3-6H,7-9H2,1-2H3,(H,17,20)(H,18,24)(H,21,22). The van der Waals surface area contributed by atoms with Crippen LogP contribution in [0.5, 0.6) is 0 Å². The first-order valence-electron chi connectivity index (χ1n) is 7.44. The third kappa shape index (κ3) is 3.53. The summed E-state index contributed by atoms with van der Waals surface area (Å²) in [4.78, 5) is 47.7. The van der Waals surface area contributed by atoms with E-state index in [4.69, 9.17) is 5.11 Å². The number of amides is 4. The van der Waals surface area contributed by atoms with E-state index < -0.39 is 35.9 Å². The van der Waals surface area contributed by atoms with Crippen molar-refractivity contribution in [1.29, 1.82) is 0 Å². The van der Waals surface area contributed by atoms with Crippen LogP contribution in [0.2, 0.25) is 0 Å². The van der Waals surface area contributed by atoms with E-state index in [1.54, 1.807) is 19.1 Å². The molecule has 0 bridgehead atoms. The van der Waals surface area contributed by atoms with Gasteiger partial charge in [-0.15, -0.1) is 0 Å². The quantitative estimate of drug-likeness (QED) is 0.650. The molecular formula is C16H19N3O5. The van der Waals surface area contributed by atoms with Gasteiger partial charge in [0.1, 0.15) is 12.1 Å². The van der Waals surface area contributed by atoms with Crippen molar-refractivity contribution in [2.24, 2.45) is 0 Å². The molecule has 4 amide bonds. The van der Waals surface area contributed by atoms with Crippen molar-refractivity contribution in [3.05, 3.63) is 35.4 Å². The fourth-order valence-electron chi connectivity index (χ4n) is 2.43. The molecule has 1 atom stereocenters. The third-order valence-electron chi connectivity index (χ3n) is 3.87. The Morgan fingerprint density at radius 2 is 1.88 bits per heavy atom. The molecule has 0 saturated carbocycles. The summed E-state index contributed by atoms with van der Waals surface area (Å²) in [6, 6.07) is 6.52. The first kappa shape index (κ1) is 17.5. The van der Waals surface area contributed by atoms with Crippen LogP contribution in [-0.4, -0.2) is 46.9 Å². The van der Waals surface area contributed by atoms with Gasteiger partial charge in [-0.05, 0) is 19.4 Å². The maximum atomic E-state index is 12.6. The highest BCUT2D eigenvalue weighted by molar-refractivity contribution is 6.09. The van der Waals surface area contributed by atoms with Gasteiger partial charge in [0.05, 0.1) is 6.42 Å². The molecule has 8 heteroatoms. The Hall–Kier alpha value is -2.90. The third-order valence-corrected chi connectivity index (χ3v) is 3.87. The van der Waals surface area contributed by atoms with E-state index in [9.17, 15) is 19.2 Å². The van der Waals surface area contributed by atoms with Crippen LogP contribution in [0, 0.1) is 6.92 Å². The monoisotopic (exact) mass is 333 g/mol. The predicted molar refractivity (Wildman–Crippen MR) is 84.0 cm³/mol. The van der Waals surface area contributed by atoms with E-state index in [0.717, 1.165) is 10.5 Å². The summed E-state index contributed by atoms with van der Waals surface area (Å²) >= 11 is 0. The lowest BCUT2D eigenvalue weighted by molar-refractivity contribution is -0.137. The lowest BCUT2D eigenvalue weighted by atomic mass is 9.91. The molecule has 0 aliphatic carbocycles. The maximum absolute atomic E-state index is 12.6. The van der Waals surface area contributed by atoms with Gasteiger partial charge in [0, 0.05) is 6.54 Å². The van der Waals surface area contributed by atoms with Gasteiger partial charge >= 0.3 is 12.0 Å². The Labute approximate surface area is 138 Å². The molecule has 1 aliphatic heterocycles. The number of urea groups is 1. The van der Waals surface area contributed by atoms with Crippen molar-refractivity contribution in [3.63, 3.8) is 0 Å². The van der Waals surface area contributed by atoms with Crippen LogP contribution in [0.25, 0.3) is 0 Å². The number of imide groups is 1. The van der Waals surface area contributed by atoms with Crippen molar-refractivity contribution in [2.45, 2.75) is 25.8 Å². The number of benzene rings is 1. The van der Waals surface area contributed by atoms with E-state index in [-0.39, 0.29) is 13.0 Å². The van der Waals surface area contributed by atoms with Crippen molar-refractivity contribution in [1.82, 2.24) is 15.5 Å². The minimum Gasteiger partial charge on any atom is -0.481 e. The second-order valence-electron chi connectivity index (χ2n) is 5.81. The zero-order chi connectivity index (χ0) is 17.9. The highest BCUT2D eigenvalue weighted by atomic mass is 16.4. The van der Waals surface area contributed by atoms with Crippen molar-refractivity contribution in [3.8, 4) is 0 Å². The lowest BCUT2D eigenvalue weighted by Crippen LogP contribution is -2.43. The van der Waals surface area contributed by atoms with Gasteiger partial charge in [0.15, 0.2) is 0 Å². The Morgan fingerprint density at radius 3 is 2.46 bits per heavy atom. The lowest BCUT2D eigenvalue weighted by Gasteiger charge is -2.22. The minimum absolute atomic E-state index is 0.0625. The first-order valence-corrected chi connectivity index (χ1v) is 7.44. The average molecular weight is 333 g/mol. The number of carbonyl (C=O) groups excluding carboxylic acids is 3. The topological polar surface area (TPSA) is 116 Å². The molecule has 1 unspecified atom stereocenters. The molecule has 8 nitrogen and oxygen atoms in total. The zero-order valence-electron chi connectivity index (χ0n) is 13.5. The Balaban J connectivity index is 2.07. The fourth-order valence-corrected chi connectivity index (χ4v) is 2.43. The number of rotatable bonds is 6. The van der Waals surface area contributed by atoms with Crippen LogP contribution in [-0.2, 0) is 19.9 Å². The van der Waals surface area contributed by atoms with E-state index in [1.165, 1.54) is 0 Å². The van der Waals surface area contributed by atoms with Crippen LogP contribution >= 0.6 is 0 Å². The molecule has 0 aromatic heterocycles. The van der Waals surface area contributed by atoms with Gasteiger partial charge in [0.2, 0.25) is 5.91 Å². The number of aryl methyl sites for hydroxylation is 1. The fraction of sp³-hybridized carbons (Fsp3) is 0.375. The van der Waals surface area contributed by atoms with Crippen LogP contribution < -0.4 is 10.6 Å². The normalized spacial score (nSPS) is 20.0. The summed E-state index contributed by atoms with van der Waals surface area (Å²) in [6.45, 7) is 2.98. The van der Waals surface area contributed by atoms with Crippen LogP contribution in [0.1, 0.15) is 24.5 Å². The first-order chi connectivity index (χ1) is 11.2. The summed E-state index contributed by atoms with van der Waals surface area (Å²) in [5.74, 6) is -2.16. The van der Waals surface area contributed by atoms with Gasteiger partial charge in [-0.25, -0.2) is 4.79 Å². The number of nitrogens with zero attached hydrogens (tertiary/aromatic N) is 1. The average Bonchev–Trinajstić information content (AvgIpc) is 2.72. The highest BCUT2D eigenvalue weighted by Crippen LogP contribution is 2.28. The number of nitrogens with one attached hydrogen (secondary N) is 2. The number of carbonyl (C=O) groups is 4. The van der Waals surface area contributed by atoms with Crippen LogP contribution in [0.15, 0.2) is 24.3 Å². The molecule has 128 valence electrons. The van der Waals surface area contributed by atoms with E-state index in [2.05, 4.69) is 10.6 Å². The molecule has 3 N–H and O–H groups in total. The molecule has 1 fully saturated rings. The maximum Gasteiger partial charge on any atom is 0.325 e. The largest absolute Gasteiger partial charge is 0.481 e.